The molecule has 0 unspecified atom stereocenters. The van der Waals surface area contributed by atoms with E-state index in [0.717, 1.165) is 5.69 Å². The molecule has 1 fully saturated rings. The van der Waals surface area contributed by atoms with Crippen LogP contribution in [-0.4, -0.2) is 42.4 Å². The Labute approximate surface area is 145 Å². The zero-order valence-electron chi connectivity index (χ0n) is 13.5. The number of carbonyl (C=O) groups excluding carboxylic acids is 3. The van der Waals surface area contributed by atoms with Gasteiger partial charge in [0.2, 0.25) is 11.8 Å². The van der Waals surface area contributed by atoms with Crippen molar-refractivity contribution in [2.24, 2.45) is 5.73 Å². The lowest BCUT2D eigenvalue weighted by Gasteiger charge is -2.18. The van der Waals surface area contributed by atoms with Crippen LogP contribution in [0.25, 0.3) is 0 Å². The smallest absolute Gasteiger partial charge is 0.325 e. The molecule has 1 saturated heterocycles. The van der Waals surface area contributed by atoms with Crippen LogP contribution in [0.2, 0.25) is 0 Å². The maximum atomic E-state index is 12.4. The summed E-state index contributed by atoms with van der Waals surface area (Å²) in [5.41, 5.74) is 6.90. The highest BCUT2D eigenvalue weighted by molar-refractivity contribution is 5.99. The van der Waals surface area contributed by atoms with Crippen molar-refractivity contribution >= 4 is 29.2 Å². The molecule has 0 saturated carbocycles. The number of hydrogen-bond donors (Lipinski definition) is 2. The summed E-state index contributed by atoms with van der Waals surface area (Å²) in [6.07, 6.45) is 0. The van der Waals surface area contributed by atoms with Crippen molar-refractivity contribution in [1.82, 2.24) is 4.90 Å². The van der Waals surface area contributed by atoms with Gasteiger partial charge in [0.05, 0.1) is 0 Å². The summed E-state index contributed by atoms with van der Waals surface area (Å²) < 4.78 is 0. The molecule has 7 nitrogen and oxygen atoms in total. The molecule has 128 valence electrons. The summed E-state index contributed by atoms with van der Waals surface area (Å²) in [6.45, 7) is 1.00. The second-order valence-electron chi connectivity index (χ2n) is 5.68. The summed E-state index contributed by atoms with van der Waals surface area (Å²) in [5.74, 6) is -0.823. The first-order valence-corrected chi connectivity index (χ1v) is 7.86. The molecule has 25 heavy (non-hydrogen) atoms. The van der Waals surface area contributed by atoms with Gasteiger partial charge in [0.15, 0.2) is 0 Å². The predicted molar refractivity (Wildman–Crippen MR) is 94.3 cm³/mol. The van der Waals surface area contributed by atoms with Crippen LogP contribution in [-0.2, 0) is 4.79 Å². The van der Waals surface area contributed by atoms with Crippen molar-refractivity contribution in [3.05, 3.63) is 60.2 Å². The van der Waals surface area contributed by atoms with E-state index in [0.29, 0.717) is 24.3 Å². The molecule has 0 atom stereocenters. The first-order valence-electron chi connectivity index (χ1n) is 7.86. The van der Waals surface area contributed by atoms with Crippen LogP contribution in [0.1, 0.15) is 10.4 Å². The third-order valence-corrected chi connectivity index (χ3v) is 3.95. The van der Waals surface area contributed by atoms with Crippen LogP contribution in [0.5, 0.6) is 0 Å². The van der Waals surface area contributed by atoms with Gasteiger partial charge in [0.1, 0.15) is 6.54 Å². The minimum Gasteiger partial charge on any atom is -0.366 e. The van der Waals surface area contributed by atoms with Crippen LogP contribution < -0.4 is 16.0 Å². The molecule has 1 heterocycles. The molecule has 7 heteroatoms. The monoisotopic (exact) mass is 338 g/mol. The molecular weight excluding hydrogens is 320 g/mol. The van der Waals surface area contributed by atoms with Crippen molar-refractivity contribution in [1.29, 1.82) is 0 Å². The zero-order valence-corrected chi connectivity index (χ0v) is 13.5. The Kier molecular flexibility index (Phi) is 4.65. The predicted octanol–water partition coefficient (Wildman–Crippen LogP) is 1.67. The number of amides is 4. The van der Waals surface area contributed by atoms with E-state index in [-0.39, 0.29) is 18.5 Å². The third kappa shape index (κ3) is 3.77. The van der Waals surface area contributed by atoms with E-state index in [9.17, 15) is 14.4 Å². The minimum absolute atomic E-state index is 0.0280. The van der Waals surface area contributed by atoms with Gasteiger partial charge in [-0.2, -0.15) is 0 Å². The lowest BCUT2D eigenvalue weighted by Crippen LogP contribution is -2.37. The fourth-order valence-electron chi connectivity index (χ4n) is 2.67. The fourth-order valence-corrected chi connectivity index (χ4v) is 2.67. The van der Waals surface area contributed by atoms with Crippen LogP contribution in [0.3, 0.4) is 0 Å². The number of nitrogens with two attached hydrogens (primary N) is 1. The van der Waals surface area contributed by atoms with Crippen molar-refractivity contribution < 1.29 is 14.4 Å². The van der Waals surface area contributed by atoms with E-state index in [1.807, 2.05) is 30.3 Å². The molecule has 3 rings (SSSR count). The van der Waals surface area contributed by atoms with Crippen molar-refractivity contribution in [3.63, 3.8) is 0 Å². The van der Waals surface area contributed by atoms with Gasteiger partial charge >= 0.3 is 6.03 Å². The molecule has 0 bridgehead atoms. The number of primary amides is 1. The Morgan fingerprint density at radius 1 is 1.00 bits per heavy atom. The number of rotatable bonds is 5. The molecule has 4 amide bonds. The van der Waals surface area contributed by atoms with E-state index in [1.54, 1.807) is 17.0 Å². The zero-order chi connectivity index (χ0) is 17.8. The van der Waals surface area contributed by atoms with E-state index in [2.05, 4.69) is 5.32 Å². The van der Waals surface area contributed by atoms with Crippen LogP contribution in [0.4, 0.5) is 16.2 Å². The number of nitrogens with zero attached hydrogens (tertiary/aromatic N) is 2. The van der Waals surface area contributed by atoms with E-state index < -0.39 is 5.91 Å². The van der Waals surface area contributed by atoms with Gasteiger partial charge in [0.25, 0.3) is 0 Å². The second-order valence-corrected chi connectivity index (χ2v) is 5.68. The standard InChI is InChI=1S/C18H18N4O3/c19-17(24)13-6-8-14(9-7-13)20-16(23)12-21-10-11-22(18(21)25)15-4-2-1-3-5-15/h1-9H,10-12H2,(H2,19,24)(H,20,23). The Morgan fingerprint density at radius 2 is 1.68 bits per heavy atom. The molecule has 0 aromatic heterocycles. The fraction of sp³-hybridized carbons (Fsp3) is 0.167. The summed E-state index contributed by atoms with van der Waals surface area (Å²) in [4.78, 5) is 38.8. The van der Waals surface area contributed by atoms with Crippen LogP contribution in [0, 0.1) is 0 Å². The lowest BCUT2D eigenvalue weighted by atomic mass is 10.2. The minimum atomic E-state index is -0.526. The highest BCUT2D eigenvalue weighted by Gasteiger charge is 2.30. The number of anilines is 2. The summed E-state index contributed by atoms with van der Waals surface area (Å²) in [6, 6.07) is 15.4. The van der Waals surface area contributed by atoms with Gasteiger partial charge in [-0.1, -0.05) is 18.2 Å². The Morgan fingerprint density at radius 3 is 2.32 bits per heavy atom. The number of carbonyl (C=O) groups is 3. The number of hydrogen-bond acceptors (Lipinski definition) is 3. The lowest BCUT2D eigenvalue weighted by molar-refractivity contribution is -0.116. The SMILES string of the molecule is NC(=O)c1ccc(NC(=O)CN2CCN(c3ccccc3)C2=O)cc1. The van der Waals surface area contributed by atoms with Gasteiger partial charge < -0.3 is 16.0 Å². The Balaban J connectivity index is 1.58. The van der Waals surface area contributed by atoms with Gasteiger partial charge in [-0.3, -0.25) is 14.5 Å². The topological polar surface area (TPSA) is 95.7 Å². The number of urea groups is 1. The van der Waals surface area contributed by atoms with Gasteiger partial charge in [0, 0.05) is 30.0 Å². The van der Waals surface area contributed by atoms with Gasteiger partial charge in [-0.05, 0) is 36.4 Å². The molecule has 2 aromatic rings. The number of nitrogens with one attached hydrogen (secondary N) is 1. The van der Waals surface area contributed by atoms with Gasteiger partial charge in [-0.25, -0.2) is 4.79 Å². The van der Waals surface area contributed by atoms with Crippen LogP contribution in [0.15, 0.2) is 54.6 Å². The highest BCUT2D eigenvalue weighted by Crippen LogP contribution is 2.19. The Bertz CT molecular complexity index is 790. The maximum Gasteiger partial charge on any atom is 0.325 e. The normalized spacial score (nSPS) is 13.8. The Hall–Kier alpha value is -3.35. The van der Waals surface area contributed by atoms with E-state index in [4.69, 9.17) is 5.73 Å². The summed E-state index contributed by atoms with van der Waals surface area (Å²) in [5, 5.41) is 2.71. The van der Waals surface area contributed by atoms with Crippen molar-refractivity contribution in [2.45, 2.75) is 0 Å². The molecule has 1 aliphatic rings. The first-order chi connectivity index (χ1) is 12.0. The van der Waals surface area contributed by atoms with Crippen molar-refractivity contribution in [3.8, 4) is 0 Å². The maximum absolute atomic E-state index is 12.4. The van der Waals surface area contributed by atoms with Gasteiger partial charge in [-0.15, -0.1) is 0 Å². The van der Waals surface area contributed by atoms with Crippen molar-refractivity contribution in [2.75, 3.05) is 29.9 Å². The quantitative estimate of drug-likeness (QED) is 0.868. The molecule has 0 spiro atoms. The summed E-state index contributed by atoms with van der Waals surface area (Å²) in [7, 11) is 0. The van der Waals surface area contributed by atoms with Crippen LogP contribution >= 0.6 is 0 Å². The number of benzene rings is 2. The third-order valence-electron chi connectivity index (χ3n) is 3.95. The van der Waals surface area contributed by atoms with E-state index in [1.165, 1.54) is 17.0 Å². The number of para-hydroxylation sites is 1. The average molecular weight is 338 g/mol. The molecule has 1 aliphatic heterocycles. The molecular formula is C18H18N4O3. The largest absolute Gasteiger partial charge is 0.366 e. The summed E-state index contributed by atoms with van der Waals surface area (Å²) >= 11 is 0. The second kappa shape index (κ2) is 7.04. The highest BCUT2D eigenvalue weighted by atomic mass is 16.2. The molecule has 0 radical (unpaired) electrons. The molecule has 3 N–H and O–H groups in total. The molecule has 0 aliphatic carbocycles. The van der Waals surface area contributed by atoms with E-state index >= 15 is 0 Å². The average Bonchev–Trinajstić information content (AvgIpc) is 2.96. The molecule has 2 aromatic carbocycles. The first kappa shape index (κ1) is 16.5.